The Morgan fingerprint density at radius 1 is 1.27 bits per heavy atom. The molecule has 0 aliphatic heterocycles. The molecule has 1 aromatic heterocycles. The van der Waals surface area contributed by atoms with E-state index < -0.39 is 10.9 Å². The molecule has 0 atom stereocenters. The number of esters is 1. The highest BCUT2D eigenvalue weighted by molar-refractivity contribution is 5.90. The largest absolute Gasteiger partial charge is 0.493 e. The second-order valence-electron chi connectivity index (χ2n) is 4.13. The topological polar surface area (TPSA) is 101 Å². The zero-order chi connectivity index (χ0) is 16.1. The molecule has 0 bridgehead atoms. The fourth-order valence-corrected chi connectivity index (χ4v) is 1.78. The van der Waals surface area contributed by atoms with Gasteiger partial charge in [-0.1, -0.05) is 0 Å². The molecular formula is C14H13NO7. The summed E-state index contributed by atoms with van der Waals surface area (Å²) in [6, 6.07) is 5.42. The Balaban J connectivity index is 2.21. The van der Waals surface area contributed by atoms with Crippen LogP contribution < -0.4 is 9.47 Å². The average molecular weight is 307 g/mol. The number of benzene rings is 1. The van der Waals surface area contributed by atoms with Gasteiger partial charge in [-0.2, -0.15) is 0 Å². The SMILES string of the molecule is COC(=O)c1ccoc1COc1cc([N+](=O)[O-])ccc1OC. The van der Waals surface area contributed by atoms with Crippen molar-refractivity contribution in [1.82, 2.24) is 0 Å². The van der Waals surface area contributed by atoms with Crippen molar-refractivity contribution in [3.63, 3.8) is 0 Å². The Bertz CT molecular complexity index is 692. The third kappa shape index (κ3) is 3.17. The first-order valence-corrected chi connectivity index (χ1v) is 6.16. The molecule has 0 radical (unpaired) electrons. The number of carbonyl (C=O) groups is 1. The predicted octanol–water partition coefficient (Wildman–Crippen LogP) is 2.56. The van der Waals surface area contributed by atoms with Crippen molar-refractivity contribution in [2.75, 3.05) is 14.2 Å². The summed E-state index contributed by atoms with van der Waals surface area (Å²) in [6.07, 6.45) is 1.33. The second-order valence-corrected chi connectivity index (χ2v) is 4.13. The first-order valence-electron chi connectivity index (χ1n) is 6.16. The normalized spacial score (nSPS) is 10.1. The Hall–Kier alpha value is -3.03. The van der Waals surface area contributed by atoms with Crippen molar-refractivity contribution in [3.05, 3.63) is 52.0 Å². The van der Waals surface area contributed by atoms with Gasteiger partial charge in [0.25, 0.3) is 5.69 Å². The van der Waals surface area contributed by atoms with Crippen LogP contribution in [0.25, 0.3) is 0 Å². The quantitative estimate of drug-likeness (QED) is 0.459. The van der Waals surface area contributed by atoms with Gasteiger partial charge in [0, 0.05) is 6.07 Å². The number of rotatable bonds is 6. The van der Waals surface area contributed by atoms with Gasteiger partial charge in [0.05, 0.1) is 31.5 Å². The third-order valence-corrected chi connectivity index (χ3v) is 2.87. The van der Waals surface area contributed by atoms with E-state index in [2.05, 4.69) is 4.74 Å². The molecule has 22 heavy (non-hydrogen) atoms. The number of non-ortho nitro benzene ring substituents is 1. The summed E-state index contributed by atoms with van der Waals surface area (Å²) in [5, 5.41) is 10.8. The van der Waals surface area contributed by atoms with Crippen molar-refractivity contribution < 1.29 is 28.3 Å². The van der Waals surface area contributed by atoms with E-state index in [-0.39, 0.29) is 29.4 Å². The second kappa shape index (κ2) is 6.61. The highest BCUT2D eigenvalue weighted by atomic mass is 16.6. The minimum atomic E-state index is -0.557. The molecule has 0 saturated carbocycles. The maximum atomic E-state index is 11.5. The molecule has 0 unspecified atom stereocenters. The number of ether oxygens (including phenoxy) is 3. The van der Waals surface area contributed by atoms with Crippen LogP contribution in [0.2, 0.25) is 0 Å². The van der Waals surface area contributed by atoms with Gasteiger partial charge >= 0.3 is 5.97 Å². The summed E-state index contributed by atoms with van der Waals surface area (Å²) in [5.74, 6) is 0.194. The van der Waals surface area contributed by atoms with Gasteiger partial charge in [0.2, 0.25) is 0 Å². The van der Waals surface area contributed by atoms with Gasteiger partial charge in [0.1, 0.15) is 12.2 Å². The molecule has 0 saturated heterocycles. The Kier molecular flexibility index (Phi) is 4.62. The zero-order valence-corrected chi connectivity index (χ0v) is 11.9. The van der Waals surface area contributed by atoms with Crippen LogP contribution in [0.15, 0.2) is 34.9 Å². The summed E-state index contributed by atoms with van der Waals surface area (Å²) in [4.78, 5) is 21.8. The van der Waals surface area contributed by atoms with Gasteiger partial charge in [-0.15, -0.1) is 0 Å². The van der Waals surface area contributed by atoms with E-state index in [1.165, 1.54) is 44.7 Å². The van der Waals surface area contributed by atoms with E-state index in [0.717, 1.165) is 0 Å². The van der Waals surface area contributed by atoms with Crippen molar-refractivity contribution in [1.29, 1.82) is 0 Å². The molecule has 0 aliphatic rings. The smallest absolute Gasteiger partial charge is 0.341 e. The van der Waals surface area contributed by atoms with Crippen LogP contribution in [0.5, 0.6) is 11.5 Å². The number of nitro groups is 1. The molecule has 8 nitrogen and oxygen atoms in total. The predicted molar refractivity (Wildman–Crippen MR) is 74.0 cm³/mol. The highest BCUT2D eigenvalue weighted by Crippen LogP contribution is 2.32. The fraction of sp³-hybridized carbons (Fsp3) is 0.214. The Morgan fingerprint density at radius 3 is 2.68 bits per heavy atom. The Morgan fingerprint density at radius 2 is 2.05 bits per heavy atom. The monoisotopic (exact) mass is 307 g/mol. The van der Waals surface area contributed by atoms with E-state index in [4.69, 9.17) is 13.9 Å². The number of hydrogen-bond donors (Lipinski definition) is 0. The van der Waals surface area contributed by atoms with Crippen molar-refractivity contribution in [3.8, 4) is 11.5 Å². The van der Waals surface area contributed by atoms with Crippen molar-refractivity contribution in [2.24, 2.45) is 0 Å². The van der Waals surface area contributed by atoms with Crippen molar-refractivity contribution >= 4 is 11.7 Å². The first kappa shape index (κ1) is 15.4. The van der Waals surface area contributed by atoms with Gasteiger partial charge in [-0.05, 0) is 12.1 Å². The number of methoxy groups -OCH3 is 2. The molecular weight excluding hydrogens is 294 g/mol. The Labute approximate surface area is 125 Å². The number of nitrogens with zero attached hydrogens (tertiary/aromatic N) is 1. The fourth-order valence-electron chi connectivity index (χ4n) is 1.78. The summed E-state index contributed by atoms with van der Waals surface area (Å²) >= 11 is 0. The van der Waals surface area contributed by atoms with Crippen LogP contribution in [0.4, 0.5) is 5.69 Å². The van der Waals surface area contributed by atoms with Crippen molar-refractivity contribution in [2.45, 2.75) is 6.61 Å². The average Bonchev–Trinajstić information content (AvgIpc) is 3.00. The maximum Gasteiger partial charge on any atom is 0.341 e. The number of hydrogen-bond acceptors (Lipinski definition) is 7. The number of furan rings is 1. The lowest BCUT2D eigenvalue weighted by atomic mass is 10.2. The summed E-state index contributed by atoms with van der Waals surface area (Å²) < 4.78 is 20.3. The molecule has 0 amide bonds. The molecule has 0 fully saturated rings. The molecule has 116 valence electrons. The van der Waals surface area contributed by atoms with E-state index in [1.807, 2.05) is 0 Å². The van der Waals surface area contributed by atoms with Crippen LogP contribution in [0.1, 0.15) is 16.1 Å². The molecule has 1 heterocycles. The van der Waals surface area contributed by atoms with Crippen LogP contribution >= 0.6 is 0 Å². The van der Waals surface area contributed by atoms with Gasteiger partial charge < -0.3 is 18.6 Å². The van der Waals surface area contributed by atoms with Gasteiger partial charge in [-0.25, -0.2) is 4.79 Å². The van der Waals surface area contributed by atoms with Crippen LogP contribution in [-0.4, -0.2) is 25.1 Å². The lowest BCUT2D eigenvalue weighted by molar-refractivity contribution is -0.385. The van der Waals surface area contributed by atoms with Gasteiger partial charge in [-0.3, -0.25) is 10.1 Å². The lowest BCUT2D eigenvalue weighted by Crippen LogP contribution is -2.06. The first-order chi connectivity index (χ1) is 10.6. The maximum absolute atomic E-state index is 11.5. The molecule has 8 heteroatoms. The molecule has 2 rings (SSSR count). The molecule has 0 spiro atoms. The van der Waals surface area contributed by atoms with E-state index in [0.29, 0.717) is 5.75 Å². The molecule has 0 aliphatic carbocycles. The van der Waals surface area contributed by atoms with Crippen LogP contribution in [0.3, 0.4) is 0 Å². The molecule has 1 aromatic carbocycles. The highest BCUT2D eigenvalue weighted by Gasteiger charge is 2.17. The van der Waals surface area contributed by atoms with Crippen LogP contribution in [0, 0.1) is 10.1 Å². The third-order valence-electron chi connectivity index (χ3n) is 2.87. The molecule has 0 N–H and O–H groups in total. The molecule has 2 aromatic rings. The van der Waals surface area contributed by atoms with E-state index in [9.17, 15) is 14.9 Å². The van der Waals surface area contributed by atoms with Gasteiger partial charge in [0.15, 0.2) is 17.3 Å². The van der Waals surface area contributed by atoms with E-state index in [1.54, 1.807) is 0 Å². The van der Waals surface area contributed by atoms with E-state index >= 15 is 0 Å². The number of nitro benzene ring substituents is 1. The number of carbonyl (C=O) groups excluding carboxylic acids is 1. The minimum absolute atomic E-state index is 0.102. The lowest BCUT2D eigenvalue weighted by Gasteiger charge is -2.09. The zero-order valence-electron chi connectivity index (χ0n) is 11.9. The van der Waals surface area contributed by atoms with Crippen LogP contribution in [-0.2, 0) is 11.3 Å². The standard InChI is InChI=1S/C14H13NO7/c1-19-11-4-3-9(15(17)18)7-12(11)22-8-13-10(5-6-21-13)14(16)20-2/h3-7H,8H2,1-2H3. The summed E-state index contributed by atoms with van der Waals surface area (Å²) in [7, 11) is 2.67. The minimum Gasteiger partial charge on any atom is -0.493 e. The summed E-state index contributed by atoms with van der Waals surface area (Å²) in [5.41, 5.74) is 0.0929. The summed E-state index contributed by atoms with van der Waals surface area (Å²) in [6.45, 7) is -0.102.